The van der Waals surface area contributed by atoms with E-state index in [1.165, 1.54) is 10.5 Å². The van der Waals surface area contributed by atoms with Crippen molar-refractivity contribution in [1.82, 2.24) is 19.3 Å². The van der Waals surface area contributed by atoms with Gasteiger partial charge in [-0.25, -0.2) is 4.98 Å². The summed E-state index contributed by atoms with van der Waals surface area (Å²) in [4.78, 5) is 30.7. The Morgan fingerprint density at radius 2 is 1.93 bits per heavy atom. The van der Waals surface area contributed by atoms with Gasteiger partial charge in [0.25, 0.3) is 11.5 Å². The van der Waals surface area contributed by atoms with Crippen molar-refractivity contribution in [1.29, 1.82) is 5.41 Å². The minimum Gasteiger partial charge on any atom is -0.348 e. The fourth-order valence-corrected chi connectivity index (χ4v) is 3.53. The number of hydrogen-bond donors (Lipinski definition) is 2. The molecule has 0 saturated carbocycles. The Balaban J connectivity index is 1.87. The molecule has 1 amide bonds. The SMILES string of the molecule is CCCn1c(=N)c(C(=O)NCc2ccccc2)cc2c(=O)n3cc(C)ccc3nc21. The second-order valence-corrected chi connectivity index (χ2v) is 7.32. The lowest BCUT2D eigenvalue weighted by molar-refractivity contribution is 0.0948. The van der Waals surface area contributed by atoms with Gasteiger partial charge in [0.1, 0.15) is 16.8 Å². The maximum atomic E-state index is 13.2. The van der Waals surface area contributed by atoms with Crippen molar-refractivity contribution in [3.8, 4) is 0 Å². The zero-order valence-corrected chi connectivity index (χ0v) is 17.0. The highest BCUT2D eigenvalue weighted by atomic mass is 16.1. The zero-order chi connectivity index (χ0) is 21.3. The lowest BCUT2D eigenvalue weighted by Crippen LogP contribution is -2.34. The average Bonchev–Trinajstić information content (AvgIpc) is 2.75. The lowest BCUT2D eigenvalue weighted by Gasteiger charge is -2.14. The van der Waals surface area contributed by atoms with E-state index < -0.39 is 0 Å². The molecule has 152 valence electrons. The first-order chi connectivity index (χ1) is 14.5. The third-order valence-corrected chi connectivity index (χ3v) is 5.04. The topological polar surface area (TPSA) is 92.2 Å². The second kappa shape index (κ2) is 7.94. The monoisotopic (exact) mass is 401 g/mol. The van der Waals surface area contributed by atoms with Crippen LogP contribution in [0.15, 0.2) is 59.5 Å². The third-order valence-electron chi connectivity index (χ3n) is 5.04. The molecule has 1 aromatic carbocycles. The molecule has 0 spiro atoms. The highest BCUT2D eigenvalue weighted by Crippen LogP contribution is 2.12. The van der Waals surface area contributed by atoms with Gasteiger partial charge < -0.3 is 9.88 Å². The van der Waals surface area contributed by atoms with Gasteiger partial charge in [-0.05, 0) is 36.6 Å². The summed E-state index contributed by atoms with van der Waals surface area (Å²) < 4.78 is 3.14. The minimum atomic E-state index is -0.385. The first kappa shape index (κ1) is 19.6. The Bertz CT molecular complexity index is 1370. The van der Waals surface area contributed by atoms with Crippen LogP contribution in [0.2, 0.25) is 0 Å². The van der Waals surface area contributed by atoms with Gasteiger partial charge >= 0.3 is 0 Å². The number of carbonyl (C=O) groups is 1. The average molecular weight is 401 g/mol. The van der Waals surface area contributed by atoms with Gasteiger partial charge in [0, 0.05) is 19.3 Å². The van der Waals surface area contributed by atoms with E-state index in [0.717, 1.165) is 17.5 Å². The Morgan fingerprint density at radius 1 is 1.17 bits per heavy atom. The highest BCUT2D eigenvalue weighted by Gasteiger charge is 2.17. The number of benzene rings is 1. The van der Waals surface area contributed by atoms with Crippen molar-refractivity contribution in [2.24, 2.45) is 0 Å². The number of carbonyl (C=O) groups excluding carboxylic acids is 1. The van der Waals surface area contributed by atoms with Gasteiger partial charge in [0.2, 0.25) is 0 Å². The van der Waals surface area contributed by atoms with Crippen LogP contribution in [0.4, 0.5) is 0 Å². The second-order valence-electron chi connectivity index (χ2n) is 7.32. The molecule has 0 aliphatic carbocycles. The Hall–Kier alpha value is -3.74. The standard InChI is InChI=1S/C23H23N5O2/c1-3-11-27-20(24)17(22(29)25-13-16-7-5-4-6-8-16)12-18-21(27)26-19-10-9-15(2)14-28(19)23(18)30/h4-10,12,14,24H,3,11,13H2,1-2H3,(H,25,29). The number of aryl methyl sites for hydroxylation is 2. The van der Waals surface area contributed by atoms with Crippen LogP contribution in [0.25, 0.3) is 16.7 Å². The number of amides is 1. The summed E-state index contributed by atoms with van der Waals surface area (Å²) in [6.45, 7) is 4.73. The fourth-order valence-electron chi connectivity index (χ4n) is 3.53. The van der Waals surface area contributed by atoms with Crippen molar-refractivity contribution in [3.05, 3.63) is 87.3 Å². The molecule has 0 bridgehead atoms. The molecule has 4 rings (SSSR count). The molecule has 4 aromatic rings. The highest BCUT2D eigenvalue weighted by molar-refractivity contribution is 5.96. The molecule has 0 saturated heterocycles. The van der Waals surface area contributed by atoms with Crippen molar-refractivity contribution < 1.29 is 4.79 Å². The van der Waals surface area contributed by atoms with E-state index in [1.54, 1.807) is 16.8 Å². The predicted octanol–water partition coefficient (Wildman–Crippen LogP) is 2.78. The predicted molar refractivity (Wildman–Crippen MR) is 115 cm³/mol. The van der Waals surface area contributed by atoms with Crippen molar-refractivity contribution in [2.75, 3.05) is 0 Å². The molecule has 7 nitrogen and oxygen atoms in total. The van der Waals surface area contributed by atoms with Crippen LogP contribution in [0.5, 0.6) is 0 Å². The van der Waals surface area contributed by atoms with Gasteiger partial charge in [0.15, 0.2) is 0 Å². The molecule has 3 heterocycles. The zero-order valence-electron chi connectivity index (χ0n) is 17.0. The van der Waals surface area contributed by atoms with Crippen molar-refractivity contribution in [2.45, 2.75) is 33.4 Å². The quantitative estimate of drug-likeness (QED) is 0.504. The van der Waals surface area contributed by atoms with Crippen LogP contribution in [0, 0.1) is 12.3 Å². The molecule has 3 aromatic heterocycles. The Labute approximate surface area is 173 Å². The summed E-state index contributed by atoms with van der Waals surface area (Å²) >= 11 is 0. The van der Waals surface area contributed by atoms with Gasteiger partial charge in [-0.3, -0.25) is 19.4 Å². The Kier molecular flexibility index (Phi) is 5.18. The number of rotatable bonds is 5. The molecule has 0 fully saturated rings. The van der Waals surface area contributed by atoms with Crippen molar-refractivity contribution >= 4 is 22.6 Å². The summed E-state index contributed by atoms with van der Waals surface area (Å²) in [5, 5.41) is 11.8. The molecular weight excluding hydrogens is 378 g/mol. The summed E-state index contributed by atoms with van der Waals surface area (Å²) in [5.41, 5.74) is 2.81. The number of nitrogens with one attached hydrogen (secondary N) is 2. The van der Waals surface area contributed by atoms with E-state index >= 15 is 0 Å². The van der Waals surface area contributed by atoms with E-state index in [0.29, 0.717) is 29.8 Å². The van der Waals surface area contributed by atoms with Crippen LogP contribution >= 0.6 is 0 Å². The summed E-state index contributed by atoms with van der Waals surface area (Å²) in [6, 6.07) is 14.7. The van der Waals surface area contributed by atoms with Crippen LogP contribution in [-0.4, -0.2) is 19.9 Å². The number of pyridine rings is 2. The van der Waals surface area contributed by atoms with E-state index in [2.05, 4.69) is 10.3 Å². The van der Waals surface area contributed by atoms with E-state index in [1.807, 2.05) is 50.2 Å². The smallest absolute Gasteiger partial charge is 0.267 e. The lowest BCUT2D eigenvalue weighted by atomic mass is 10.1. The first-order valence-electron chi connectivity index (χ1n) is 9.93. The number of fused-ring (bicyclic) bond motifs is 2. The molecule has 0 radical (unpaired) electrons. The molecule has 0 aliphatic heterocycles. The Morgan fingerprint density at radius 3 is 2.67 bits per heavy atom. The molecule has 0 unspecified atom stereocenters. The fraction of sp³-hybridized carbons (Fsp3) is 0.217. The summed E-state index contributed by atoms with van der Waals surface area (Å²) in [6.07, 6.45) is 2.48. The van der Waals surface area contributed by atoms with Crippen LogP contribution in [0.1, 0.15) is 34.8 Å². The third kappa shape index (κ3) is 3.50. The molecule has 7 heteroatoms. The molecule has 0 aliphatic rings. The van der Waals surface area contributed by atoms with Crippen LogP contribution in [-0.2, 0) is 13.1 Å². The normalized spacial score (nSPS) is 11.1. The van der Waals surface area contributed by atoms with Gasteiger partial charge in [-0.2, -0.15) is 0 Å². The van der Waals surface area contributed by atoms with Crippen LogP contribution in [0.3, 0.4) is 0 Å². The van der Waals surface area contributed by atoms with Gasteiger partial charge in [0.05, 0.1) is 10.9 Å². The van der Waals surface area contributed by atoms with Crippen molar-refractivity contribution in [3.63, 3.8) is 0 Å². The van der Waals surface area contributed by atoms with E-state index in [9.17, 15) is 9.59 Å². The van der Waals surface area contributed by atoms with E-state index in [4.69, 9.17) is 5.41 Å². The maximum absolute atomic E-state index is 13.2. The van der Waals surface area contributed by atoms with Gasteiger partial charge in [-0.1, -0.05) is 43.3 Å². The largest absolute Gasteiger partial charge is 0.348 e. The van der Waals surface area contributed by atoms with Crippen LogP contribution < -0.4 is 16.4 Å². The molecular formula is C23H23N5O2. The number of hydrogen-bond acceptors (Lipinski definition) is 4. The molecule has 30 heavy (non-hydrogen) atoms. The summed E-state index contributed by atoms with van der Waals surface area (Å²) in [7, 11) is 0. The number of nitrogens with zero attached hydrogens (tertiary/aromatic N) is 3. The van der Waals surface area contributed by atoms with Gasteiger partial charge in [-0.15, -0.1) is 0 Å². The summed E-state index contributed by atoms with van der Waals surface area (Å²) in [5.74, 6) is -0.385. The first-order valence-corrected chi connectivity index (χ1v) is 9.93. The molecule has 0 atom stereocenters. The minimum absolute atomic E-state index is 0.0540. The van der Waals surface area contributed by atoms with E-state index in [-0.39, 0.29) is 22.5 Å². The number of aromatic nitrogens is 3. The maximum Gasteiger partial charge on any atom is 0.267 e. The molecule has 2 N–H and O–H groups in total.